The van der Waals surface area contributed by atoms with Crippen molar-refractivity contribution in [3.05, 3.63) is 72.1 Å². The van der Waals surface area contributed by atoms with E-state index in [1.54, 1.807) is 35.1 Å². The molecule has 5 rings (SSSR count). The maximum atomic E-state index is 12.4. The van der Waals surface area contributed by atoms with Crippen molar-refractivity contribution < 1.29 is 4.79 Å². The van der Waals surface area contributed by atoms with Crippen LogP contribution in [-0.4, -0.2) is 25.4 Å². The third-order valence-corrected chi connectivity index (χ3v) is 5.17. The van der Waals surface area contributed by atoms with E-state index < -0.39 is 0 Å². The molecule has 2 aromatic heterocycles. The van der Waals surface area contributed by atoms with Crippen molar-refractivity contribution in [1.82, 2.24) is 19.6 Å². The zero-order valence-corrected chi connectivity index (χ0v) is 16.1. The Labute approximate surface area is 173 Å². The third kappa shape index (κ3) is 3.63. The van der Waals surface area contributed by atoms with Crippen molar-refractivity contribution in [3.63, 3.8) is 0 Å². The maximum Gasteiger partial charge on any atom is 0.247 e. The lowest BCUT2D eigenvalue weighted by atomic mass is 10.0. The van der Waals surface area contributed by atoms with Crippen LogP contribution in [-0.2, 0) is 0 Å². The maximum absolute atomic E-state index is 12.4. The van der Waals surface area contributed by atoms with Gasteiger partial charge in [-0.1, -0.05) is 30.3 Å². The number of carbonyl (C=O) groups is 1. The smallest absolute Gasteiger partial charge is 0.247 e. The first kappa shape index (κ1) is 18.0. The van der Waals surface area contributed by atoms with Gasteiger partial charge in [-0.2, -0.15) is 10.2 Å². The third-order valence-electron chi connectivity index (χ3n) is 5.17. The van der Waals surface area contributed by atoms with Crippen LogP contribution in [0.1, 0.15) is 35.2 Å². The lowest BCUT2D eigenvalue weighted by Gasteiger charge is -2.04. The molecular weight excluding hydrogens is 376 g/mol. The van der Waals surface area contributed by atoms with Crippen molar-refractivity contribution in [3.8, 4) is 17.3 Å². The highest BCUT2D eigenvalue weighted by molar-refractivity contribution is 5.97. The molecule has 0 bridgehead atoms. The quantitative estimate of drug-likeness (QED) is 0.487. The average Bonchev–Trinajstić information content (AvgIpc) is 3.50. The summed E-state index contributed by atoms with van der Waals surface area (Å²) in [6, 6.07) is 16.9. The van der Waals surface area contributed by atoms with E-state index in [9.17, 15) is 10.1 Å². The number of nitrogens with one attached hydrogen (secondary N) is 1. The zero-order valence-electron chi connectivity index (χ0n) is 16.1. The molecule has 30 heavy (non-hydrogen) atoms. The molecule has 0 atom stereocenters. The average molecular weight is 394 g/mol. The number of rotatable bonds is 6. The summed E-state index contributed by atoms with van der Waals surface area (Å²) in [7, 11) is 0. The largest absolute Gasteiger partial charge is 0.322 e. The van der Waals surface area contributed by atoms with Crippen LogP contribution in [0.15, 0.2) is 60.9 Å². The summed E-state index contributed by atoms with van der Waals surface area (Å²) in [5.74, 6) is 1.12. The Morgan fingerprint density at radius 2 is 2.07 bits per heavy atom. The monoisotopic (exact) mass is 394 g/mol. The number of ketones is 1. The molecule has 1 fully saturated rings. The summed E-state index contributed by atoms with van der Waals surface area (Å²) in [5, 5.41) is 16.8. The van der Waals surface area contributed by atoms with Crippen LogP contribution < -0.4 is 5.32 Å². The topological polar surface area (TPSA) is 96.0 Å². The summed E-state index contributed by atoms with van der Waals surface area (Å²) in [6.07, 6.45) is 6.37. The summed E-state index contributed by atoms with van der Waals surface area (Å²) >= 11 is 0. The zero-order chi connectivity index (χ0) is 20.5. The highest BCUT2D eigenvalue weighted by Gasteiger charge is 2.25. The molecule has 2 heterocycles. The number of fused-ring (bicyclic) bond motifs is 1. The second-order valence-electron chi connectivity index (χ2n) is 7.44. The van der Waals surface area contributed by atoms with Crippen LogP contribution in [0.2, 0.25) is 0 Å². The molecule has 1 aliphatic carbocycles. The fraction of sp³-hybridized carbons (Fsp3) is 0.174. The van der Waals surface area contributed by atoms with Crippen molar-refractivity contribution in [2.45, 2.75) is 19.3 Å². The van der Waals surface area contributed by atoms with Gasteiger partial charge < -0.3 is 5.32 Å². The molecule has 4 aromatic rings. The molecule has 1 saturated carbocycles. The molecule has 2 aromatic carbocycles. The van der Waals surface area contributed by atoms with Crippen LogP contribution in [0.3, 0.4) is 0 Å². The molecule has 0 radical (unpaired) electrons. The van der Waals surface area contributed by atoms with Gasteiger partial charge in [-0.05, 0) is 37.0 Å². The van der Waals surface area contributed by atoms with Gasteiger partial charge in [0.2, 0.25) is 5.95 Å². The minimum Gasteiger partial charge on any atom is -0.322 e. The molecule has 0 saturated heterocycles. The minimum absolute atomic E-state index is 0.184. The number of nitrogens with zero attached hydrogens (tertiary/aromatic N) is 5. The Morgan fingerprint density at radius 1 is 1.20 bits per heavy atom. The molecule has 0 amide bonds. The van der Waals surface area contributed by atoms with Crippen LogP contribution in [0.4, 0.5) is 11.6 Å². The van der Waals surface area contributed by atoms with Crippen LogP contribution >= 0.6 is 0 Å². The first-order valence-electron chi connectivity index (χ1n) is 9.82. The summed E-state index contributed by atoms with van der Waals surface area (Å²) in [4.78, 5) is 21.3. The van der Waals surface area contributed by atoms with E-state index >= 15 is 0 Å². The Balaban J connectivity index is 1.43. The first-order chi connectivity index (χ1) is 14.7. The summed E-state index contributed by atoms with van der Waals surface area (Å²) in [5.41, 5.74) is 4.02. The second kappa shape index (κ2) is 7.41. The van der Waals surface area contributed by atoms with E-state index in [2.05, 4.69) is 26.5 Å². The van der Waals surface area contributed by atoms with E-state index in [1.807, 2.05) is 30.3 Å². The van der Waals surface area contributed by atoms with E-state index in [1.165, 1.54) is 0 Å². The second-order valence-corrected chi connectivity index (χ2v) is 7.44. The Morgan fingerprint density at radius 3 is 2.90 bits per heavy atom. The van der Waals surface area contributed by atoms with Crippen molar-refractivity contribution >= 4 is 23.1 Å². The summed E-state index contributed by atoms with van der Waals surface area (Å²) in [6.45, 7) is 0. The Bertz CT molecular complexity index is 1300. The number of hydrogen-bond acceptors (Lipinski definition) is 6. The molecule has 1 aliphatic rings. The molecule has 0 unspecified atom stereocenters. The Kier molecular flexibility index (Phi) is 4.45. The van der Waals surface area contributed by atoms with E-state index in [4.69, 9.17) is 0 Å². The molecule has 0 aliphatic heterocycles. The van der Waals surface area contributed by atoms with Gasteiger partial charge in [0.15, 0.2) is 11.4 Å². The molecule has 7 nitrogen and oxygen atoms in total. The standard InChI is InChI=1S/C23H18N6O/c24-12-18-4-1-2-7-19(18)26-23-27-22-13-25-20(14-29(22)28-23)16-5-3-6-17(11-16)21(30)10-15-8-9-15/h1-7,11,13-15H,8-10H2,(H,26,28). The van der Waals surface area contributed by atoms with Crippen molar-refractivity contribution in [2.24, 2.45) is 5.92 Å². The number of para-hydroxylation sites is 1. The molecule has 7 heteroatoms. The van der Waals surface area contributed by atoms with E-state index in [0.29, 0.717) is 40.9 Å². The number of carbonyl (C=O) groups excluding carboxylic acids is 1. The molecule has 0 spiro atoms. The van der Waals surface area contributed by atoms with E-state index in [-0.39, 0.29) is 5.78 Å². The van der Waals surface area contributed by atoms with Crippen LogP contribution in [0.5, 0.6) is 0 Å². The highest BCUT2D eigenvalue weighted by Crippen LogP contribution is 2.33. The fourth-order valence-corrected chi connectivity index (χ4v) is 3.36. The van der Waals surface area contributed by atoms with Gasteiger partial charge in [0.25, 0.3) is 0 Å². The fourth-order valence-electron chi connectivity index (χ4n) is 3.36. The minimum atomic E-state index is 0.184. The lowest BCUT2D eigenvalue weighted by molar-refractivity contribution is 0.0976. The summed E-state index contributed by atoms with van der Waals surface area (Å²) < 4.78 is 1.64. The Hall–Kier alpha value is -4.05. The van der Waals surface area contributed by atoms with Gasteiger partial charge >= 0.3 is 0 Å². The van der Waals surface area contributed by atoms with Crippen LogP contribution in [0, 0.1) is 17.2 Å². The molecule has 1 N–H and O–H groups in total. The molecule has 146 valence electrons. The normalized spacial score (nSPS) is 13.2. The van der Waals surface area contributed by atoms with Crippen molar-refractivity contribution in [2.75, 3.05) is 5.32 Å². The number of aromatic nitrogens is 4. The number of benzene rings is 2. The van der Waals surface area contributed by atoms with Gasteiger partial charge in [-0.25, -0.2) is 4.52 Å². The SMILES string of the molecule is N#Cc1ccccc1Nc1nc2cnc(-c3cccc(C(=O)CC4CC4)c3)cn2n1. The predicted octanol–water partition coefficient (Wildman–Crippen LogP) is 4.39. The number of nitriles is 1. The number of hydrogen-bond donors (Lipinski definition) is 1. The van der Waals surface area contributed by atoms with Gasteiger partial charge in [0.05, 0.1) is 29.3 Å². The van der Waals surface area contributed by atoms with Gasteiger partial charge in [-0.3, -0.25) is 9.78 Å². The first-order valence-corrected chi connectivity index (χ1v) is 9.82. The van der Waals surface area contributed by atoms with E-state index in [0.717, 1.165) is 24.0 Å². The predicted molar refractivity (Wildman–Crippen MR) is 112 cm³/mol. The molecular formula is C23H18N6O. The van der Waals surface area contributed by atoms with Crippen LogP contribution in [0.25, 0.3) is 16.9 Å². The number of Topliss-reactive ketones (excluding diaryl/α,β-unsaturated/α-hetero) is 1. The highest BCUT2D eigenvalue weighted by atomic mass is 16.1. The van der Waals surface area contributed by atoms with Crippen molar-refractivity contribution in [1.29, 1.82) is 5.26 Å². The number of anilines is 2. The van der Waals surface area contributed by atoms with Gasteiger partial charge in [-0.15, -0.1) is 5.10 Å². The lowest BCUT2D eigenvalue weighted by Crippen LogP contribution is -2.00. The van der Waals surface area contributed by atoms with Gasteiger partial charge in [0, 0.05) is 17.5 Å². The van der Waals surface area contributed by atoms with Gasteiger partial charge in [0.1, 0.15) is 6.07 Å².